The van der Waals surface area contributed by atoms with Crippen LogP contribution in [0.15, 0.2) is 54.6 Å². The lowest BCUT2D eigenvalue weighted by atomic mass is 10.1. The first kappa shape index (κ1) is 15.1. The summed E-state index contributed by atoms with van der Waals surface area (Å²) in [6, 6.07) is 17.8. The number of carbonyl (C=O) groups excluding carboxylic acids is 1. The van der Waals surface area contributed by atoms with Crippen molar-refractivity contribution in [3.63, 3.8) is 0 Å². The molecule has 0 aliphatic carbocycles. The highest BCUT2D eigenvalue weighted by atomic mass is 16.5. The van der Waals surface area contributed by atoms with Crippen molar-refractivity contribution in [2.45, 2.75) is 19.8 Å². The Hall–Kier alpha value is -2.29. The molecule has 21 heavy (non-hydrogen) atoms. The Balaban J connectivity index is 1.61. The third kappa shape index (κ3) is 5.69. The SMILES string of the molecule is Cc1cccc(CCCNC(=O)COc2ccccc2)c1. The van der Waals surface area contributed by atoms with E-state index in [-0.39, 0.29) is 12.5 Å². The Morgan fingerprint density at radius 3 is 2.67 bits per heavy atom. The van der Waals surface area contributed by atoms with Crippen LogP contribution in [0.2, 0.25) is 0 Å². The smallest absolute Gasteiger partial charge is 0.257 e. The molecule has 0 bridgehead atoms. The van der Waals surface area contributed by atoms with E-state index in [1.807, 2.05) is 30.3 Å². The summed E-state index contributed by atoms with van der Waals surface area (Å²) in [5.41, 5.74) is 2.58. The molecule has 0 aliphatic heterocycles. The average Bonchev–Trinajstić information content (AvgIpc) is 2.51. The molecule has 2 rings (SSSR count). The van der Waals surface area contributed by atoms with Gasteiger partial charge in [-0.3, -0.25) is 4.79 Å². The number of para-hydroxylation sites is 1. The van der Waals surface area contributed by atoms with Crippen LogP contribution in [0, 0.1) is 6.92 Å². The Morgan fingerprint density at radius 1 is 1.10 bits per heavy atom. The van der Waals surface area contributed by atoms with Crippen LogP contribution in [0.3, 0.4) is 0 Å². The van der Waals surface area contributed by atoms with Gasteiger partial charge in [0.15, 0.2) is 6.61 Å². The zero-order valence-electron chi connectivity index (χ0n) is 12.3. The van der Waals surface area contributed by atoms with E-state index in [9.17, 15) is 4.79 Å². The van der Waals surface area contributed by atoms with Crippen LogP contribution in [0.1, 0.15) is 17.5 Å². The van der Waals surface area contributed by atoms with E-state index < -0.39 is 0 Å². The minimum absolute atomic E-state index is 0.0639. The van der Waals surface area contributed by atoms with Gasteiger partial charge in [-0.15, -0.1) is 0 Å². The van der Waals surface area contributed by atoms with Crippen LogP contribution < -0.4 is 10.1 Å². The maximum Gasteiger partial charge on any atom is 0.257 e. The lowest BCUT2D eigenvalue weighted by Crippen LogP contribution is -2.29. The summed E-state index contributed by atoms with van der Waals surface area (Å²) >= 11 is 0. The largest absolute Gasteiger partial charge is 0.484 e. The fourth-order valence-corrected chi connectivity index (χ4v) is 2.10. The van der Waals surface area contributed by atoms with Gasteiger partial charge in [0.1, 0.15) is 5.75 Å². The molecule has 0 atom stereocenters. The summed E-state index contributed by atoms with van der Waals surface area (Å²) in [5, 5.41) is 2.87. The Bertz CT molecular complexity index is 566. The first-order valence-corrected chi connectivity index (χ1v) is 7.24. The lowest BCUT2D eigenvalue weighted by molar-refractivity contribution is -0.123. The second-order valence-electron chi connectivity index (χ2n) is 5.04. The second kappa shape index (κ2) is 8.10. The lowest BCUT2D eigenvalue weighted by Gasteiger charge is -2.07. The van der Waals surface area contributed by atoms with Crippen molar-refractivity contribution in [3.05, 3.63) is 65.7 Å². The molecule has 110 valence electrons. The number of carbonyl (C=O) groups is 1. The third-order valence-corrected chi connectivity index (χ3v) is 3.16. The molecule has 1 N–H and O–H groups in total. The van der Waals surface area contributed by atoms with Gasteiger partial charge in [0, 0.05) is 6.54 Å². The number of rotatable bonds is 7. The molecule has 3 nitrogen and oxygen atoms in total. The van der Waals surface area contributed by atoms with Gasteiger partial charge in [0.2, 0.25) is 0 Å². The summed E-state index contributed by atoms with van der Waals surface area (Å²) < 4.78 is 5.39. The molecular formula is C18H21NO2. The summed E-state index contributed by atoms with van der Waals surface area (Å²) in [6.07, 6.45) is 1.90. The van der Waals surface area contributed by atoms with Crippen LogP contribution in [-0.2, 0) is 11.2 Å². The quantitative estimate of drug-likeness (QED) is 0.793. The van der Waals surface area contributed by atoms with E-state index in [1.165, 1.54) is 11.1 Å². The van der Waals surface area contributed by atoms with Gasteiger partial charge in [0.05, 0.1) is 0 Å². The first-order valence-electron chi connectivity index (χ1n) is 7.24. The maximum atomic E-state index is 11.6. The maximum absolute atomic E-state index is 11.6. The highest BCUT2D eigenvalue weighted by Crippen LogP contribution is 2.08. The van der Waals surface area contributed by atoms with Crippen LogP contribution in [0.25, 0.3) is 0 Å². The monoisotopic (exact) mass is 283 g/mol. The summed E-state index contributed by atoms with van der Waals surface area (Å²) in [4.78, 5) is 11.6. The number of hydrogen-bond donors (Lipinski definition) is 1. The number of aryl methyl sites for hydroxylation is 2. The van der Waals surface area contributed by atoms with Crippen molar-refractivity contribution in [2.24, 2.45) is 0 Å². The zero-order valence-corrected chi connectivity index (χ0v) is 12.3. The topological polar surface area (TPSA) is 38.3 Å². The number of nitrogens with one attached hydrogen (secondary N) is 1. The van der Waals surface area contributed by atoms with E-state index in [0.717, 1.165) is 12.8 Å². The van der Waals surface area contributed by atoms with Crippen LogP contribution >= 0.6 is 0 Å². The van der Waals surface area contributed by atoms with Gasteiger partial charge in [0.25, 0.3) is 5.91 Å². The van der Waals surface area contributed by atoms with Crippen LogP contribution in [0.4, 0.5) is 0 Å². The van der Waals surface area contributed by atoms with E-state index in [1.54, 1.807) is 0 Å². The fourth-order valence-electron chi connectivity index (χ4n) is 2.10. The summed E-state index contributed by atoms with van der Waals surface area (Å²) in [6.45, 7) is 2.82. The van der Waals surface area contributed by atoms with Gasteiger partial charge in [-0.2, -0.15) is 0 Å². The highest BCUT2D eigenvalue weighted by molar-refractivity contribution is 5.77. The minimum atomic E-state index is -0.0805. The Labute approximate surface area is 126 Å². The van der Waals surface area contributed by atoms with Crippen molar-refractivity contribution < 1.29 is 9.53 Å². The zero-order chi connectivity index (χ0) is 14.9. The molecule has 0 aliphatic rings. The van der Waals surface area contributed by atoms with Gasteiger partial charge < -0.3 is 10.1 Å². The molecular weight excluding hydrogens is 262 g/mol. The molecule has 2 aromatic rings. The van der Waals surface area contributed by atoms with Crippen molar-refractivity contribution in [2.75, 3.05) is 13.2 Å². The van der Waals surface area contributed by atoms with Crippen molar-refractivity contribution >= 4 is 5.91 Å². The van der Waals surface area contributed by atoms with E-state index in [0.29, 0.717) is 12.3 Å². The van der Waals surface area contributed by atoms with Crippen molar-refractivity contribution in [3.8, 4) is 5.75 Å². The molecule has 0 fully saturated rings. The van der Waals surface area contributed by atoms with Gasteiger partial charge in [-0.05, 0) is 37.5 Å². The molecule has 0 saturated carbocycles. The third-order valence-electron chi connectivity index (χ3n) is 3.16. The predicted octanol–water partition coefficient (Wildman–Crippen LogP) is 3.12. The second-order valence-corrected chi connectivity index (χ2v) is 5.04. The Morgan fingerprint density at radius 2 is 1.90 bits per heavy atom. The number of benzene rings is 2. The normalized spacial score (nSPS) is 10.1. The van der Waals surface area contributed by atoms with Crippen molar-refractivity contribution in [1.82, 2.24) is 5.32 Å². The van der Waals surface area contributed by atoms with Gasteiger partial charge in [-0.1, -0.05) is 48.0 Å². The predicted molar refractivity (Wildman–Crippen MR) is 84.4 cm³/mol. The van der Waals surface area contributed by atoms with Crippen LogP contribution in [-0.4, -0.2) is 19.1 Å². The Kier molecular flexibility index (Phi) is 5.83. The summed E-state index contributed by atoms with van der Waals surface area (Å²) in [7, 11) is 0. The van der Waals surface area contributed by atoms with E-state index >= 15 is 0 Å². The minimum Gasteiger partial charge on any atom is -0.484 e. The molecule has 0 saturated heterocycles. The van der Waals surface area contributed by atoms with E-state index in [4.69, 9.17) is 4.74 Å². The average molecular weight is 283 g/mol. The molecule has 0 aromatic heterocycles. The van der Waals surface area contributed by atoms with Gasteiger partial charge in [-0.25, -0.2) is 0 Å². The summed E-state index contributed by atoms with van der Waals surface area (Å²) in [5.74, 6) is 0.635. The highest BCUT2D eigenvalue weighted by Gasteiger charge is 2.02. The molecule has 1 amide bonds. The number of hydrogen-bond acceptors (Lipinski definition) is 2. The first-order chi connectivity index (χ1) is 10.2. The van der Waals surface area contributed by atoms with Gasteiger partial charge >= 0.3 is 0 Å². The fraction of sp³-hybridized carbons (Fsp3) is 0.278. The van der Waals surface area contributed by atoms with Crippen LogP contribution in [0.5, 0.6) is 5.75 Å². The molecule has 0 unspecified atom stereocenters. The number of amides is 1. The molecule has 0 heterocycles. The van der Waals surface area contributed by atoms with Crippen molar-refractivity contribution in [1.29, 1.82) is 0 Å². The standard InChI is InChI=1S/C18H21NO2/c1-15-7-5-8-16(13-15)9-6-12-19-18(20)14-21-17-10-3-2-4-11-17/h2-5,7-8,10-11,13H,6,9,12,14H2,1H3,(H,19,20). The number of ether oxygens (including phenoxy) is 1. The van der Waals surface area contributed by atoms with E-state index in [2.05, 4.69) is 36.5 Å². The molecule has 2 aromatic carbocycles. The molecule has 0 spiro atoms. The molecule has 3 heteroatoms. The molecule has 0 radical (unpaired) electrons.